The van der Waals surface area contributed by atoms with Crippen LogP contribution in [-0.4, -0.2) is 82.1 Å². The lowest BCUT2D eigenvalue weighted by molar-refractivity contribution is -0.132. The average Bonchev–Trinajstić information content (AvgIpc) is 3.03. The second kappa shape index (κ2) is 9.41. The van der Waals surface area contributed by atoms with Crippen LogP contribution < -0.4 is 0 Å². The summed E-state index contributed by atoms with van der Waals surface area (Å²) >= 11 is 6.53. The third kappa shape index (κ3) is 4.62. The zero-order valence-corrected chi connectivity index (χ0v) is 18.0. The number of carbonyl (C=O) groups excluding carboxylic acids is 2. The highest BCUT2D eigenvalue weighted by molar-refractivity contribution is 6.33. The molecule has 0 unspecified atom stereocenters. The zero-order chi connectivity index (χ0) is 21.0. The number of benzene rings is 1. The van der Waals surface area contributed by atoms with Crippen LogP contribution in [-0.2, 0) is 4.79 Å². The summed E-state index contributed by atoms with van der Waals surface area (Å²) in [7, 11) is 0. The number of amides is 2. The molecule has 0 bridgehead atoms. The van der Waals surface area contributed by atoms with Crippen molar-refractivity contribution < 1.29 is 9.59 Å². The van der Waals surface area contributed by atoms with Gasteiger partial charge in [-0.25, -0.2) is 4.68 Å². The molecular formula is C21H28ClN5O2. The van der Waals surface area contributed by atoms with Crippen LogP contribution in [0.5, 0.6) is 0 Å². The zero-order valence-electron chi connectivity index (χ0n) is 17.3. The molecule has 1 aromatic carbocycles. The molecule has 0 atom stereocenters. The van der Waals surface area contributed by atoms with Gasteiger partial charge in [-0.3, -0.25) is 14.5 Å². The topological polar surface area (TPSA) is 61.7 Å². The predicted molar refractivity (Wildman–Crippen MR) is 114 cm³/mol. The van der Waals surface area contributed by atoms with E-state index in [1.807, 2.05) is 49.1 Å². The molecule has 0 saturated carbocycles. The highest BCUT2D eigenvalue weighted by atomic mass is 35.5. The fraction of sp³-hybridized carbons (Fsp3) is 0.476. The molecule has 0 radical (unpaired) electrons. The van der Waals surface area contributed by atoms with Crippen molar-refractivity contribution in [3.8, 4) is 5.69 Å². The van der Waals surface area contributed by atoms with Crippen LogP contribution in [0.3, 0.4) is 0 Å². The van der Waals surface area contributed by atoms with Crippen molar-refractivity contribution in [3.63, 3.8) is 0 Å². The van der Waals surface area contributed by atoms with Crippen LogP contribution in [0.4, 0.5) is 0 Å². The van der Waals surface area contributed by atoms with Gasteiger partial charge >= 0.3 is 0 Å². The molecule has 29 heavy (non-hydrogen) atoms. The standard InChI is InChI=1S/C21H28ClN5O2/c1-4-25(5-2)18(28)15-24-11-13-26(14-12-24)21(29)19-16(3)23-27(20(19)22)17-9-7-6-8-10-17/h6-10H,4-5,11-15H2,1-3H3. The molecule has 1 saturated heterocycles. The summed E-state index contributed by atoms with van der Waals surface area (Å²) in [5.74, 6) is 0.0298. The number of piperazine rings is 1. The van der Waals surface area contributed by atoms with Crippen LogP contribution in [0.2, 0.25) is 5.15 Å². The Balaban J connectivity index is 1.66. The monoisotopic (exact) mass is 417 g/mol. The van der Waals surface area contributed by atoms with E-state index in [0.29, 0.717) is 49.1 Å². The van der Waals surface area contributed by atoms with Crippen LogP contribution >= 0.6 is 11.6 Å². The van der Waals surface area contributed by atoms with Gasteiger partial charge in [0.15, 0.2) is 0 Å². The molecular weight excluding hydrogens is 390 g/mol. The second-order valence-electron chi connectivity index (χ2n) is 7.13. The van der Waals surface area contributed by atoms with E-state index in [2.05, 4.69) is 10.00 Å². The molecule has 3 rings (SSSR count). The minimum absolute atomic E-state index is 0.107. The molecule has 2 aromatic rings. The molecule has 7 nitrogen and oxygen atoms in total. The molecule has 1 fully saturated rings. The number of hydrogen-bond donors (Lipinski definition) is 0. The van der Waals surface area contributed by atoms with Crippen molar-refractivity contribution >= 4 is 23.4 Å². The third-order valence-corrected chi connectivity index (χ3v) is 5.70. The molecule has 2 amide bonds. The lowest BCUT2D eigenvalue weighted by Gasteiger charge is -2.35. The molecule has 0 N–H and O–H groups in total. The first-order chi connectivity index (χ1) is 14.0. The van der Waals surface area contributed by atoms with Gasteiger partial charge in [0, 0.05) is 39.3 Å². The fourth-order valence-electron chi connectivity index (χ4n) is 3.62. The van der Waals surface area contributed by atoms with Crippen LogP contribution in [0.1, 0.15) is 29.9 Å². The minimum atomic E-state index is -0.107. The summed E-state index contributed by atoms with van der Waals surface area (Å²) in [5.41, 5.74) is 1.88. The lowest BCUT2D eigenvalue weighted by atomic mass is 10.2. The predicted octanol–water partition coefficient (Wildman–Crippen LogP) is 2.46. The number of aromatic nitrogens is 2. The Kier molecular flexibility index (Phi) is 6.92. The number of hydrogen-bond acceptors (Lipinski definition) is 4. The fourth-order valence-corrected chi connectivity index (χ4v) is 3.97. The molecule has 2 heterocycles. The number of aryl methyl sites for hydroxylation is 1. The normalized spacial score (nSPS) is 14.8. The summed E-state index contributed by atoms with van der Waals surface area (Å²) in [5, 5.41) is 4.80. The van der Waals surface area contributed by atoms with E-state index in [-0.39, 0.29) is 11.8 Å². The first-order valence-corrected chi connectivity index (χ1v) is 10.4. The van der Waals surface area contributed by atoms with E-state index in [0.717, 1.165) is 18.8 Å². The van der Waals surface area contributed by atoms with E-state index in [4.69, 9.17) is 11.6 Å². The highest BCUT2D eigenvalue weighted by Gasteiger charge is 2.29. The van der Waals surface area contributed by atoms with Gasteiger partial charge in [-0.2, -0.15) is 5.10 Å². The molecule has 0 aliphatic carbocycles. The van der Waals surface area contributed by atoms with Crippen LogP contribution in [0.25, 0.3) is 5.69 Å². The third-order valence-electron chi connectivity index (χ3n) is 5.35. The Morgan fingerprint density at radius 3 is 2.28 bits per heavy atom. The first-order valence-electron chi connectivity index (χ1n) is 10.1. The molecule has 1 aliphatic rings. The molecule has 1 aromatic heterocycles. The van der Waals surface area contributed by atoms with Gasteiger partial charge in [0.25, 0.3) is 5.91 Å². The van der Waals surface area contributed by atoms with Crippen LogP contribution in [0, 0.1) is 6.92 Å². The number of para-hydroxylation sites is 1. The van der Waals surface area contributed by atoms with Gasteiger partial charge in [0.1, 0.15) is 5.15 Å². The van der Waals surface area contributed by atoms with Crippen LogP contribution in [0.15, 0.2) is 30.3 Å². The van der Waals surface area contributed by atoms with E-state index < -0.39 is 0 Å². The van der Waals surface area contributed by atoms with Gasteiger partial charge < -0.3 is 9.80 Å². The number of halogens is 1. The Morgan fingerprint density at radius 1 is 1.07 bits per heavy atom. The van der Waals surface area contributed by atoms with Gasteiger partial charge in [-0.1, -0.05) is 29.8 Å². The van der Waals surface area contributed by atoms with Crippen molar-refractivity contribution in [1.29, 1.82) is 0 Å². The maximum absolute atomic E-state index is 13.1. The van der Waals surface area contributed by atoms with Crippen molar-refractivity contribution in [2.75, 3.05) is 45.8 Å². The van der Waals surface area contributed by atoms with Crippen molar-refractivity contribution in [2.24, 2.45) is 0 Å². The smallest absolute Gasteiger partial charge is 0.258 e. The second-order valence-corrected chi connectivity index (χ2v) is 7.49. The first kappa shape index (κ1) is 21.3. The lowest BCUT2D eigenvalue weighted by Crippen LogP contribution is -2.51. The van der Waals surface area contributed by atoms with Crippen molar-refractivity contribution in [2.45, 2.75) is 20.8 Å². The summed E-state index contributed by atoms with van der Waals surface area (Å²) in [6, 6.07) is 9.53. The number of rotatable bonds is 6. The Labute approximate surface area is 176 Å². The summed E-state index contributed by atoms with van der Waals surface area (Å²) in [6.45, 7) is 10.1. The maximum atomic E-state index is 13.1. The Bertz CT molecular complexity index is 855. The molecule has 156 valence electrons. The van der Waals surface area contributed by atoms with E-state index in [1.165, 1.54) is 0 Å². The summed E-state index contributed by atoms with van der Waals surface area (Å²) in [6.07, 6.45) is 0. The van der Waals surface area contributed by atoms with Gasteiger partial charge in [-0.15, -0.1) is 0 Å². The largest absolute Gasteiger partial charge is 0.342 e. The molecule has 0 spiro atoms. The van der Waals surface area contributed by atoms with Crippen molar-refractivity contribution in [1.82, 2.24) is 24.5 Å². The van der Waals surface area contributed by atoms with Gasteiger partial charge in [0.2, 0.25) is 5.91 Å². The minimum Gasteiger partial charge on any atom is -0.342 e. The quantitative estimate of drug-likeness (QED) is 0.724. The van der Waals surface area contributed by atoms with E-state index >= 15 is 0 Å². The maximum Gasteiger partial charge on any atom is 0.258 e. The van der Waals surface area contributed by atoms with Gasteiger partial charge in [0.05, 0.1) is 23.5 Å². The highest BCUT2D eigenvalue weighted by Crippen LogP contribution is 2.25. The van der Waals surface area contributed by atoms with E-state index in [1.54, 1.807) is 16.5 Å². The molecule has 1 aliphatic heterocycles. The summed E-state index contributed by atoms with van der Waals surface area (Å²) in [4.78, 5) is 31.2. The Morgan fingerprint density at radius 2 is 1.69 bits per heavy atom. The van der Waals surface area contributed by atoms with Crippen molar-refractivity contribution in [3.05, 3.63) is 46.7 Å². The average molecular weight is 418 g/mol. The number of nitrogens with zero attached hydrogens (tertiary/aromatic N) is 5. The molecule has 8 heteroatoms. The number of likely N-dealkylation sites (N-methyl/N-ethyl adjacent to an activating group) is 1. The van der Waals surface area contributed by atoms with Gasteiger partial charge in [-0.05, 0) is 32.9 Å². The number of carbonyl (C=O) groups is 2. The van der Waals surface area contributed by atoms with E-state index in [9.17, 15) is 9.59 Å². The Hall–Kier alpha value is -2.38. The summed E-state index contributed by atoms with van der Waals surface area (Å²) < 4.78 is 1.60. The SMILES string of the molecule is CCN(CC)C(=O)CN1CCN(C(=O)c2c(C)nn(-c3ccccc3)c2Cl)CC1.